The average Bonchev–Trinajstić information content (AvgIpc) is 2.99. The summed E-state index contributed by atoms with van der Waals surface area (Å²) in [7, 11) is 0. The summed E-state index contributed by atoms with van der Waals surface area (Å²) < 4.78 is 0. The lowest BCUT2D eigenvalue weighted by Crippen LogP contribution is -2.56. The molecule has 21 heavy (non-hydrogen) atoms. The van der Waals surface area contributed by atoms with Crippen LogP contribution in [0.3, 0.4) is 0 Å². The Morgan fingerprint density at radius 2 is 1.81 bits per heavy atom. The van der Waals surface area contributed by atoms with Gasteiger partial charge in [-0.25, -0.2) is 0 Å². The van der Waals surface area contributed by atoms with Crippen LogP contribution in [0.4, 0.5) is 0 Å². The Bertz CT molecular complexity index is 695. The first-order valence-electron chi connectivity index (χ1n) is 7.43. The molecule has 0 spiro atoms. The monoisotopic (exact) mass is 278 g/mol. The number of aliphatic hydroxyl groups is 1. The van der Waals surface area contributed by atoms with Crippen molar-refractivity contribution in [1.29, 1.82) is 0 Å². The second kappa shape index (κ2) is 4.71. The molecule has 4 rings (SSSR count). The fourth-order valence-corrected chi connectivity index (χ4v) is 3.46. The van der Waals surface area contributed by atoms with Crippen molar-refractivity contribution in [2.75, 3.05) is 13.1 Å². The Hall–Kier alpha value is -2.13. The molecule has 2 aliphatic rings. The van der Waals surface area contributed by atoms with Crippen LogP contribution in [0.25, 0.3) is 0 Å². The first-order valence-corrected chi connectivity index (χ1v) is 7.43. The molecule has 3 heteroatoms. The Balaban J connectivity index is 1.75. The van der Waals surface area contributed by atoms with Gasteiger partial charge < -0.3 is 10.0 Å². The highest BCUT2D eigenvalue weighted by molar-refractivity contribution is 6.02. The lowest BCUT2D eigenvalue weighted by Gasteiger charge is -2.43. The lowest BCUT2D eigenvalue weighted by molar-refractivity contribution is -0.0669. The first kappa shape index (κ1) is 12.6. The number of rotatable bonds is 2. The second-order valence-corrected chi connectivity index (χ2v) is 5.84. The predicted octanol–water partition coefficient (Wildman–Crippen LogP) is 2.24. The van der Waals surface area contributed by atoms with Crippen molar-refractivity contribution in [3.8, 4) is 0 Å². The van der Waals surface area contributed by atoms with E-state index in [1.54, 1.807) is 0 Å². The van der Waals surface area contributed by atoms with Gasteiger partial charge in [-0.3, -0.25) is 4.99 Å². The van der Waals surface area contributed by atoms with Crippen LogP contribution < -0.4 is 0 Å². The van der Waals surface area contributed by atoms with Crippen molar-refractivity contribution < 1.29 is 5.11 Å². The third-order valence-electron chi connectivity index (χ3n) is 4.41. The van der Waals surface area contributed by atoms with Gasteiger partial charge in [0.15, 0.2) is 0 Å². The van der Waals surface area contributed by atoms with Gasteiger partial charge in [-0.1, -0.05) is 54.6 Å². The summed E-state index contributed by atoms with van der Waals surface area (Å²) in [5.41, 5.74) is 2.65. The fraction of sp³-hybridized carbons (Fsp3) is 0.278. The third kappa shape index (κ3) is 2.05. The number of amidine groups is 1. The van der Waals surface area contributed by atoms with Gasteiger partial charge in [0.25, 0.3) is 0 Å². The van der Waals surface area contributed by atoms with E-state index in [9.17, 15) is 5.11 Å². The van der Waals surface area contributed by atoms with Crippen LogP contribution in [0.15, 0.2) is 59.6 Å². The molecule has 2 aliphatic heterocycles. The topological polar surface area (TPSA) is 35.8 Å². The summed E-state index contributed by atoms with van der Waals surface area (Å²) in [6.45, 7) is 1.56. The molecule has 0 saturated heterocycles. The molecule has 0 unspecified atom stereocenters. The number of aliphatic imine (C=N–C) groups is 1. The Labute approximate surface area is 124 Å². The van der Waals surface area contributed by atoms with E-state index in [1.807, 2.05) is 30.3 Å². The van der Waals surface area contributed by atoms with E-state index in [-0.39, 0.29) is 0 Å². The molecule has 0 aromatic heterocycles. The lowest BCUT2D eigenvalue weighted by atomic mass is 9.87. The maximum atomic E-state index is 11.3. The van der Waals surface area contributed by atoms with Gasteiger partial charge in [-0.2, -0.15) is 0 Å². The molecule has 0 radical (unpaired) electrons. The normalized spacial score (nSPS) is 23.5. The molecule has 2 aromatic rings. The van der Waals surface area contributed by atoms with Gasteiger partial charge in [-0.05, 0) is 11.1 Å². The van der Waals surface area contributed by atoms with Gasteiger partial charge in [0.2, 0.25) is 0 Å². The van der Waals surface area contributed by atoms with Gasteiger partial charge in [-0.15, -0.1) is 0 Å². The van der Waals surface area contributed by atoms with Crippen molar-refractivity contribution in [3.63, 3.8) is 0 Å². The maximum absolute atomic E-state index is 11.3. The number of benzene rings is 2. The summed E-state index contributed by atoms with van der Waals surface area (Å²) in [6.07, 6.45) is 1.28. The Kier molecular flexibility index (Phi) is 2.82. The molecule has 0 bridgehead atoms. The van der Waals surface area contributed by atoms with Crippen LogP contribution in [0.2, 0.25) is 0 Å². The number of hydrogen-bond donors (Lipinski definition) is 1. The molecule has 2 aromatic carbocycles. The van der Waals surface area contributed by atoms with Crippen molar-refractivity contribution in [2.45, 2.75) is 18.6 Å². The zero-order chi connectivity index (χ0) is 14.3. The Morgan fingerprint density at radius 3 is 2.67 bits per heavy atom. The van der Waals surface area contributed by atoms with Crippen molar-refractivity contribution in [3.05, 3.63) is 71.3 Å². The molecule has 0 aliphatic carbocycles. The molecule has 1 N–H and O–H groups in total. The third-order valence-corrected chi connectivity index (χ3v) is 4.41. The van der Waals surface area contributed by atoms with Gasteiger partial charge in [0, 0.05) is 24.9 Å². The minimum Gasteiger partial charge on any atom is -0.370 e. The highest BCUT2D eigenvalue weighted by Crippen LogP contribution is 2.34. The smallest absolute Gasteiger partial charge is 0.147 e. The standard InChI is InChI=1S/C18H18N2O/c21-18(12-14-6-2-1-3-7-14)13-15-8-4-5-9-16(15)17-19-10-11-20(17)18/h1-9,21H,10-13H2/t18-/m0/s1. The van der Waals surface area contributed by atoms with E-state index in [1.165, 1.54) is 11.1 Å². The minimum atomic E-state index is -0.870. The second-order valence-electron chi connectivity index (χ2n) is 5.84. The summed E-state index contributed by atoms with van der Waals surface area (Å²) >= 11 is 0. The van der Waals surface area contributed by atoms with E-state index < -0.39 is 5.72 Å². The van der Waals surface area contributed by atoms with Crippen LogP contribution in [-0.4, -0.2) is 34.7 Å². The predicted molar refractivity (Wildman–Crippen MR) is 83.4 cm³/mol. The molecule has 2 heterocycles. The first-order chi connectivity index (χ1) is 10.3. The number of nitrogens with zero attached hydrogens (tertiary/aromatic N) is 2. The van der Waals surface area contributed by atoms with Crippen molar-refractivity contribution >= 4 is 5.84 Å². The molecule has 0 amide bonds. The quantitative estimate of drug-likeness (QED) is 0.914. The van der Waals surface area contributed by atoms with Gasteiger partial charge in [0.1, 0.15) is 11.6 Å². The molecule has 0 fully saturated rings. The zero-order valence-electron chi connectivity index (χ0n) is 11.9. The SMILES string of the molecule is O[C@@]1(Cc2ccccc2)Cc2ccccc2C2=NCCN21. The van der Waals surface area contributed by atoms with E-state index in [0.29, 0.717) is 12.8 Å². The highest BCUT2D eigenvalue weighted by Gasteiger charge is 2.43. The van der Waals surface area contributed by atoms with Crippen LogP contribution in [0.5, 0.6) is 0 Å². The van der Waals surface area contributed by atoms with Crippen LogP contribution in [0, 0.1) is 0 Å². The summed E-state index contributed by atoms with van der Waals surface area (Å²) in [5, 5.41) is 11.3. The van der Waals surface area contributed by atoms with E-state index in [2.05, 4.69) is 34.2 Å². The van der Waals surface area contributed by atoms with E-state index in [0.717, 1.165) is 24.5 Å². The van der Waals surface area contributed by atoms with E-state index >= 15 is 0 Å². The van der Waals surface area contributed by atoms with Crippen molar-refractivity contribution in [1.82, 2.24) is 4.90 Å². The molecule has 3 nitrogen and oxygen atoms in total. The highest BCUT2D eigenvalue weighted by atomic mass is 16.3. The van der Waals surface area contributed by atoms with Crippen LogP contribution in [-0.2, 0) is 12.8 Å². The number of fused-ring (bicyclic) bond motifs is 3. The molecular formula is C18H18N2O. The van der Waals surface area contributed by atoms with Crippen LogP contribution >= 0.6 is 0 Å². The Morgan fingerprint density at radius 1 is 1.05 bits per heavy atom. The molecular weight excluding hydrogens is 260 g/mol. The minimum absolute atomic E-state index is 0.626. The summed E-state index contributed by atoms with van der Waals surface area (Å²) in [5.74, 6) is 0.954. The van der Waals surface area contributed by atoms with Crippen LogP contribution in [0.1, 0.15) is 16.7 Å². The largest absolute Gasteiger partial charge is 0.370 e. The van der Waals surface area contributed by atoms with Gasteiger partial charge >= 0.3 is 0 Å². The fourth-order valence-electron chi connectivity index (χ4n) is 3.46. The molecule has 1 atom stereocenters. The molecule has 0 saturated carbocycles. The maximum Gasteiger partial charge on any atom is 0.147 e. The molecule has 106 valence electrons. The van der Waals surface area contributed by atoms with E-state index in [4.69, 9.17) is 0 Å². The number of hydrogen-bond acceptors (Lipinski definition) is 3. The summed E-state index contributed by atoms with van der Waals surface area (Å²) in [4.78, 5) is 6.70. The van der Waals surface area contributed by atoms with Gasteiger partial charge in [0.05, 0.1) is 6.54 Å². The zero-order valence-corrected chi connectivity index (χ0v) is 11.9. The van der Waals surface area contributed by atoms with Crippen molar-refractivity contribution in [2.24, 2.45) is 4.99 Å². The summed E-state index contributed by atoms with van der Waals surface area (Å²) in [6, 6.07) is 18.5. The average molecular weight is 278 g/mol.